The van der Waals surface area contributed by atoms with E-state index in [1.54, 1.807) is 28.8 Å². The molecule has 0 radical (unpaired) electrons. The van der Waals surface area contributed by atoms with Gasteiger partial charge in [0.05, 0.1) is 0 Å². The number of carbonyl (C=O) groups is 1. The van der Waals surface area contributed by atoms with Crippen molar-refractivity contribution in [3.05, 3.63) is 66.0 Å². The number of nitrogens with zero attached hydrogens (tertiary/aromatic N) is 1. The lowest BCUT2D eigenvalue weighted by Crippen LogP contribution is -2.26. The molecule has 2 aromatic rings. The molecule has 2 rings (SSSR count). The summed E-state index contributed by atoms with van der Waals surface area (Å²) in [5, 5.41) is 0. The molecule has 0 saturated heterocycles. The van der Waals surface area contributed by atoms with Crippen LogP contribution in [0.4, 0.5) is 4.39 Å². The van der Waals surface area contributed by atoms with Crippen LogP contribution in [0, 0.1) is 5.82 Å². The minimum Gasteiger partial charge on any atom is -0.341 e. The van der Waals surface area contributed by atoms with Gasteiger partial charge in [-0.15, -0.1) is 11.8 Å². The molecular weight excluding hydrogens is 285 g/mol. The molecule has 0 unspecified atom stereocenters. The first kappa shape index (κ1) is 15.6. The quantitative estimate of drug-likeness (QED) is 0.753. The number of carbonyl (C=O) groups excluding carboxylic acids is 1. The van der Waals surface area contributed by atoms with Crippen LogP contribution >= 0.6 is 11.8 Å². The molecule has 0 aromatic heterocycles. The summed E-state index contributed by atoms with van der Waals surface area (Å²) in [5.41, 5.74) is 1.12. The lowest BCUT2D eigenvalue weighted by molar-refractivity contribution is -0.129. The zero-order chi connectivity index (χ0) is 15.1. The lowest BCUT2D eigenvalue weighted by Gasteiger charge is -2.17. The van der Waals surface area contributed by atoms with E-state index >= 15 is 0 Å². The molecule has 1 amide bonds. The summed E-state index contributed by atoms with van der Waals surface area (Å²) in [6.07, 6.45) is 0.478. The maximum atomic E-state index is 12.8. The highest BCUT2D eigenvalue weighted by Crippen LogP contribution is 2.19. The van der Waals surface area contributed by atoms with Gasteiger partial charge in [0.25, 0.3) is 0 Å². The van der Waals surface area contributed by atoms with Crippen LogP contribution in [0.3, 0.4) is 0 Å². The maximum Gasteiger partial charge on any atom is 0.223 e. The highest BCUT2D eigenvalue weighted by molar-refractivity contribution is 7.99. The second-order valence-corrected chi connectivity index (χ2v) is 5.96. The van der Waals surface area contributed by atoms with Gasteiger partial charge < -0.3 is 4.90 Å². The lowest BCUT2D eigenvalue weighted by atomic mass is 10.2. The van der Waals surface area contributed by atoms with E-state index in [1.807, 2.05) is 37.4 Å². The van der Waals surface area contributed by atoms with Gasteiger partial charge in [-0.05, 0) is 29.8 Å². The Bertz CT molecular complexity index is 571. The summed E-state index contributed by atoms with van der Waals surface area (Å²) in [5.74, 6) is 0.579. The van der Waals surface area contributed by atoms with Crippen molar-refractivity contribution in [2.24, 2.45) is 0 Å². The van der Waals surface area contributed by atoms with Crippen molar-refractivity contribution in [3.63, 3.8) is 0 Å². The Hall–Kier alpha value is -1.81. The third-order valence-electron chi connectivity index (χ3n) is 3.09. The number of amides is 1. The van der Waals surface area contributed by atoms with Crippen LogP contribution < -0.4 is 0 Å². The Morgan fingerprint density at radius 3 is 2.43 bits per heavy atom. The summed E-state index contributed by atoms with van der Waals surface area (Å²) in [6, 6.07) is 16.3. The fraction of sp³-hybridized carbons (Fsp3) is 0.235. The maximum absolute atomic E-state index is 12.8. The van der Waals surface area contributed by atoms with Crippen molar-refractivity contribution in [2.75, 3.05) is 12.8 Å². The molecule has 0 atom stereocenters. The monoisotopic (exact) mass is 303 g/mol. The Morgan fingerprint density at radius 2 is 1.76 bits per heavy atom. The molecule has 0 fully saturated rings. The molecule has 0 aliphatic heterocycles. The molecule has 0 aliphatic rings. The van der Waals surface area contributed by atoms with E-state index in [0.717, 1.165) is 10.5 Å². The van der Waals surface area contributed by atoms with Crippen LogP contribution in [0.2, 0.25) is 0 Å². The highest BCUT2D eigenvalue weighted by atomic mass is 32.2. The van der Waals surface area contributed by atoms with Crippen molar-refractivity contribution >= 4 is 17.7 Å². The minimum atomic E-state index is -0.238. The first-order valence-corrected chi connectivity index (χ1v) is 7.80. The van der Waals surface area contributed by atoms with Crippen LogP contribution in [0.1, 0.15) is 12.0 Å². The zero-order valence-corrected chi connectivity index (χ0v) is 12.8. The largest absolute Gasteiger partial charge is 0.341 e. The molecule has 0 saturated carbocycles. The smallest absolute Gasteiger partial charge is 0.223 e. The van der Waals surface area contributed by atoms with Crippen molar-refractivity contribution in [2.45, 2.75) is 17.9 Å². The summed E-state index contributed by atoms with van der Waals surface area (Å²) < 4.78 is 12.8. The second-order valence-electron chi connectivity index (χ2n) is 4.79. The molecule has 110 valence electrons. The van der Waals surface area contributed by atoms with E-state index in [4.69, 9.17) is 0 Å². The number of thioether (sulfide) groups is 1. The predicted molar refractivity (Wildman–Crippen MR) is 84.7 cm³/mol. The number of rotatable bonds is 6. The van der Waals surface area contributed by atoms with Crippen LogP contribution in [0.25, 0.3) is 0 Å². The molecule has 0 heterocycles. The molecular formula is C17H18FNOS. The van der Waals surface area contributed by atoms with Crippen molar-refractivity contribution in [1.29, 1.82) is 0 Å². The fourth-order valence-electron chi connectivity index (χ4n) is 1.92. The summed E-state index contributed by atoms with van der Waals surface area (Å²) in [6.45, 7) is 0.626. The first-order chi connectivity index (χ1) is 10.1. The molecule has 0 spiro atoms. The van der Waals surface area contributed by atoms with Gasteiger partial charge in [0.2, 0.25) is 5.91 Å². The van der Waals surface area contributed by atoms with Gasteiger partial charge in [-0.3, -0.25) is 4.79 Å². The van der Waals surface area contributed by atoms with Gasteiger partial charge >= 0.3 is 0 Å². The van der Waals surface area contributed by atoms with Gasteiger partial charge in [-0.2, -0.15) is 0 Å². The number of hydrogen-bond donors (Lipinski definition) is 0. The van der Waals surface area contributed by atoms with E-state index in [1.165, 1.54) is 12.1 Å². The van der Waals surface area contributed by atoms with Crippen molar-refractivity contribution < 1.29 is 9.18 Å². The molecule has 0 bridgehead atoms. The number of benzene rings is 2. The number of halogens is 1. The second kappa shape index (κ2) is 7.84. The van der Waals surface area contributed by atoms with Crippen LogP contribution in [-0.2, 0) is 11.3 Å². The third kappa shape index (κ3) is 5.23. The van der Waals surface area contributed by atoms with E-state index in [2.05, 4.69) is 0 Å². The predicted octanol–water partition coefficient (Wildman–Crippen LogP) is 3.97. The molecule has 2 nitrogen and oxygen atoms in total. The molecule has 0 N–H and O–H groups in total. The van der Waals surface area contributed by atoms with Gasteiger partial charge in [0.15, 0.2) is 0 Å². The van der Waals surface area contributed by atoms with Crippen molar-refractivity contribution in [1.82, 2.24) is 4.90 Å². The Kier molecular flexibility index (Phi) is 5.81. The Morgan fingerprint density at radius 1 is 1.10 bits per heavy atom. The molecule has 4 heteroatoms. The van der Waals surface area contributed by atoms with Gasteiger partial charge in [0, 0.05) is 30.7 Å². The summed E-state index contributed by atoms with van der Waals surface area (Å²) in [7, 11) is 1.82. The normalized spacial score (nSPS) is 10.4. The van der Waals surface area contributed by atoms with Crippen LogP contribution in [-0.4, -0.2) is 23.6 Å². The fourth-order valence-corrected chi connectivity index (χ4v) is 2.76. The van der Waals surface area contributed by atoms with Gasteiger partial charge in [-0.1, -0.05) is 30.3 Å². The van der Waals surface area contributed by atoms with E-state index < -0.39 is 0 Å². The number of hydrogen-bond acceptors (Lipinski definition) is 2. The van der Waals surface area contributed by atoms with E-state index in [9.17, 15) is 9.18 Å². The first-order valence-electron chi connectivity index (χ1n) is 6.81. The topological polar surface area (TPSA) is 20.3 Å². The highest BCUT2D eigenvalue weighted by Gasteiger charge is 2.09. The third-order valence-corrected chi connectivity index (χ3v) is 4.10. The summed E-state index contributed by atoms with van der Waals surface area (Å²) >= 11 is 1.57. The summed E-state index contributed by atoms with van der Waals surface area (Å²) in [4.78, 5) is 14.8. The average molecular weight is 303 g/mol. The van der Waals surface area contributed by atoms with Crippen LogP contribution in [0.15, 0.2) is 59.5 Å². The molecule has 2 aromatic carbocycles. The molecule has 0 aliphatic carbocycles. The van der Waals surface area contributed by atoms with Gasteiger partial charge in [-0.25, -0.2) is 4.39 Å². The van der Waals surface area contributed by atoms with E-state index in [0.29, 0.717) is 18.7 Å². The van der Waals surface area contributed by atoms with Gasteiger partial charge in [0.1, 0.15) is 5.82 Å². The zero-order valence-electron chi connectivity index (χ0n) is 12.0. The standard InChI is InChI=1S/C17H18FNOS/c1-19(13-14-5-3-2-4-6-14)17(20)11-12-21-16-9-7-15(18)8-10-16/h2-10H,11-13H2,1H3. The minimum absolute atomic E-state index is 0.119. The Balaban J connectivity index is 1.75. The molecule has 21 heavy (non-hydrogen) atoms. The SMILES string of the molecule is CN(Cc1ccccc1)C(=O)CCSc1ccc(F)cc1. The van der Waals surface area contributed by atoms with Crippen LogP contribution in [0.5, 0.6) is 0 Å². The van der Waals surface area contributed by atoms with Crippen molar-refractivity contribution in [3.8, 4) is 0 Å². The average Bonchev–Trinajstić information content (AvgIpc) is 2.50. The van der Waals surface area contributed by atoms with E-state index in [-0.39, 0.29) is 11.7 Å². The Labute approximate surface area is 129 Å².